The maximum absolute atomic E-state index is 9.64. The van der Waals surface area contributed by atoms with E-state index in [9.17, 15) is 8.42 Å². The zero-order valence-corrected chi connectivity index (χ0v) is 5.28. The van der Waals surface area contributed by atoms with Gasteiger partial charge in [0.05, 0.1) is 0 Å². The van der Waals surface area contributed by atoms with Crippen LogP contribution in [0.1, 0.15) is 0 Å². The maximum atomic E-state index is 9.64. The number of rotatable bonds is 3. The summed E-state index contributed by atoms with van der Waals surface area (Å²) >= 11 is -4.60. The minimum atomic E-state index is -2.44. The first-order valence-corrected chi connectivity index (χ1v) is 3.75. The number of hydrogen-bond acceptors (Lipinski definition) is 3. The van der Waals surface area contributed by atoms with E-state index in [0.717, 1.165) is 0 Å². The van der Waals surface area contributed by atoms with E-state index < -0.39 is 28.4 Å². The SMILES string of the molecule is O=S(O)COS(=O)O. The van der Waals surface area contributed by atoms with E-state index >= 15 is 0 Å². The molecule has 0 aromatic heterocycles. The van der Waals surface area contributed by atoms with Gasteiger partial charge in [-0.1, -0.05) is 0 Å². The van der Waals surface area contributed by atoms with E-state index in [1.807, 2.05) is 0 Å². The lowest BCUT2D eigenvalue weighted by molar-refractivity contribution is 0.350. The fourth-order valence-electron chi connectivity index (χ4n) is 0.0823. The third kappa shape index (κ3) is 6.18. The van der Waals surface area contributed by atoms with Crippen molar-refractivity contribution in [3.8, 4) is 0 Å². The Hall–Kier alpha value is 0.180. The molecule has 0 aliphatic heterocycles. The van der Waals surface area contributed by atoms with Crippen LogP contribution in [0.5, 0.6) is 0 Å². The summed E-state index contributed by atoms with van der Waals surface area (Å²) in [6.07, 6.45) is 0. The molecule has 0 rings (SSSR count). The molecule has 0 fully saturated rings. The molecule has 0 aliphatic rings. The highest BCUT2D eigenvalue weighted by Gasteiger charge is 1.95. The van der Waals surface area contributed by atoms with E-state index in [0.29, 0.717) is 0 Å². The molecule has 0 aromatic rings. The highest BCUT2D eigenvalue weighted by Crippen LogP contribution is 1.80. The zero-order chi connectivity index (χ0) is 6.57. The van der Waals surface area contributed by atoms with Gasteiger partial charge in [0.1, 0.15) is 0 Å². The van der Waals surface area contributed by atoms with Crippen molar-refractivity contribution in [1.29, 1.82) is 0 Å². The van der Waals surface area contributed by atoms with Gasteiger partial charge in [-0.15, -0.1) is 0 Å². The van der Waals surface area contributed by atoms with E-state index in [2.05, 4.69) is 4.18 Å². The van der Waals surface area contributed by atoms with Gasteiger partial charge in [-0.05, 0) is 0 Å². The first-order chi connectivity index (χ1) is 3.63. The predicted molar refractivity (Wildman–Crippen MR) is 27.5 cm³/mol. The molecule has 0 aromatic carbocycles. The van der Waals surface area contributed by atoms with Crippen molar-refractivity contribution in [2.24, 2.45) is 0 Å². The largest absolute Gasteiger partial charge is 0.304 e. The fourth-order valence-corrected chi connectivity index (χ4v) is 0.741. The Morgan fingerprint density at radius 1 is 1.38 bits per heavy atom. The molecule has 50 valence electrons. The summed E-state index contributed by atoms with van der Waals surface area (Å²) in [5.41, 5.74) is 0. The first-order valence-electron chi connectivity index (χ1n) is 1.44. The van der Waals surface area contributed by atoms with Crippen LogP contribution in [0.15, 0.2) is 0 Å². The summed E-state index contributed by atoms with van der Waals surface area (Å²) < 4.78 is 38.7. The molecule has 2 N–H and O–H groups in total. The second-order valence-electron chi connectivity index (χ2n) is 0.774. The molecule has 0 aliphatic carbocycles. The molecule has 0 heterocycles. The molecular formula is CH4O5S2. The van der Waals surface area contributed by atoms with Crippen LogP contribution in [0.3, 0.4) is 0 Å². The average Bonchev–Trinajstić information content (AvgIpc) is 1.61. The van der Waals surface area contributed by atoms with Gasteiger partial charge in [0.15, 0.2) is 17.0 Å². The highest BCUT2D eigenvalue weighted by molar-refractivity contribution is 7.80. The monoisotopic (exact) mass is 160 g/mol. The van der Waals surface area contributed by atoms with Crippen LogP contribution in [-0.2, 0) is 26.6 Å². The van der Waals surface area contributed by atoms with Gasteiger partial charge in [-0.3, -0.25) is 8.74 Å². The van der Waals surface area contributed by atoms with Crippen molar-refractivity contribution in [3.63, 3.8) is 0 Å². The lowest BCUT2D eigenvalue weighted by Crippen LogP contribution is -2.02. The molecule has 2 atom stereocenters. The Kier molecular flexibility index (Phi) is 4.19. The molecular weight excluding hydrogens is 156 g/mol. The molecule has 2 unspecified atom stereocenters. The summed E-state index contributed by atoms with van der Waals surface area (Å²) in [5, 5.41) is 0. The van der Waals surface area contributed by atoms with Crippen LogP contribution in [-0.4, -0.2) is 23.5 Å². The molecule has 8 heavy (non-hydrogen) atoms. The van der Waals surface area contributed by atoms with Crippen molar-refractivity contribution in [1.82, 2.24) is 0 Å². The summed E-state index contributed by atoms with van der Waals surface area (Å²) in [6.45, 7) is 0. The standard InChI is InChI=1S/CH4O5S2/c2-7(3)1-6-8(4)5/h1H2,(H,2,3)(H,4,5). The van der Waals surface area contributed by atoms with Crippen molar-refractivity contribution >= 4 is 22.4 Å². The third-order valence-electron chi connectivity index (χ3n) is 0.250. The zero-order valence-electron chi connectivity index (χ0n) is 3.64. The van der Waals surface area contributed by atoms with Crippen molar-refractivity contribution in [2.45, 2.75) is 0 Å². The van der Waals surface area contributed by atoms with Gasteiger partial charge in [0.2, 0.25) is 0 Å². The molecule has 5 nitrogen and oxygen atoms in total. The van der Waals surface area contributed by atoms with Crippen molar-refractivity contribution in [2.75, 3.05) is 5.94 Å². The Morgan fingerprint density at radius 3 is 2.00 bits per heavy atom. The van der Waals surface area contributed by atoms with Gasteiger partial charge < -0.3 is 4.55 Å². The smallest absolute Gasteiger partial charge is 0.302 e. The van der Waals surface area contributed by atoms with Crippen LogP contribution in [0.4, 0.5) is 0 Å². The summed E-state index contributed by atoms with van der Waals surface area (Å²) in [5.74, 6) is -0.636. The second kappa shape index (κ2) is 4.10. The lowest BCUT2D eigenvalue weighted by Gasteiger charge is -1.89. The maximum Gasteiger partial charge on any atom is 0.302 e. The van der Waals surface area contributed by atoms with Crippen molar-refractivity contribution in [3.05, 3.63) is 0 Å². The summed E-state index contributed by atoms with van der Waals surface area (Å²) in [6, 6.07) is 0. The minimum absolute atomic E-state index is 0.636. The van der Waals surface area contributed by atoms with Gasteiger partial charge in [-0.2, -0.15) is 4.21 Å². The van der Waals surface area contributed by atoms with Crippen LogP contribution in [0.2, 0.25) is 0 Å². The molecule has 0 spiro atoms. The number of hydrogen-bond donors (Lipinski definition) is 2. The molecule has 0 amide bonds. The molecule has 0 bridgehead atoms. The van der Waals surface area contributed by atoms with E-state index in [4.69, 9.17) is 9.11 Å². The van der Waals surface area contributed by atoms with Crippen LogP contribution in [0.25, 0.3) is 0 Å². The van der Waals surface area contributed by atoms with E-state index in [-0.39, 0.29) is 0 Å². The quantitative estimate of drug-likeness (QED) is 0.534. The molecule has 0 radical (unpaired) electrons. The minimum Gasteiger partial charge on any atom is -0.304 e. The van der Waals surface area contributed by atoms with Gasteiger partial charge >= 0.3 is 11.4 Å². The normalized spacial score (nSPS) is 17.8. The van der Waals surface area contributed by atoms with Crippen LogP contribution >= 0.6 is 0 Å². The summed E-state index contributed by atoms with van der Waals surface area (Å²) in [7, 11) is 0. The molecule has 0 saturated carbocycles. The van der Waals surface area contributed by atoms with E-state index in [1.54, 1.807) is 0 Å². The average molecular weight is 160 g/mol. The fraction of sp³-hybridized carbons (Fsp3) is 1.00. The Bertz CT molecular complexity index is 95.0. The van der Waals surface area contributed by atoms with Gasteiger partial charge in [0, 0.05) is 0 Å². The van der Waals surface area contributed by atoms with Gasteiger partial charge in [-0.25, -0.2) is 4.21 Å². The Morgan fingerprint density at radius 2 is 1.88 bits per heavy atom. The van der Waals surface area contributed by atoms with Gasteiger partial charge in [0.25, 0.3) is 0 Å². The van der Waals surface area contributed by atoms with Crippen molar-refractivity contribution < 1.29 is 21.7 Å². The lowest BCUT2D eigenvalue weighted by atomic mass is 11.7. The Labute approximate surface area is 50.8 Å². The molecule has 7 heteroatoms. The molecule has 0 saturated heterocycles. The highest BCUT2D eigenvalue weighted by atomic mass is 32.2. The second-order valence-corrected chi connectivity index (χ2v) is 2.32. The van der Waals surface area contributed by atoms with E-state index in [1.165, 1.54) is 0 Å². The van der Waals surface area contributed by atoms with Crippen LogP contribution in [0, 0.1) is 0 Å². The summed E-state index contributed by atoms with van der Waals surface area (Å²) in [4.78, 5) is 0. The topological polar surface area (TPSA) is 83.8 Å². The Balaban J connectivity index is 3.18. The first kappa shape index (κ1) is 8.18. The predicted octanol–water partition coefficient (Wildman–Crippen LogP) is -0.681. The van der Waals surface area contributed by atoms with Crippen LogP contribution < -0.4 is 0 Å². The third-order valence-corrected chi connectivity index (χ3v) is 1.04.